The van der Waals surface area contributed by atoms with Gasteiger partial charge in [0.2, 0.25) is 0 Å². The Morgan fingerprint density at radius 1 is 1.32 bits per heavy atom. The molecule has 0 aliphatic rings. The highest BCUT2D eigenvalue weighted by Gasteiger charge is 2.19. The number of methoxy groups -OCH3 is 1. The summed E-state index contributed by atoms with van der Waals surface area (Å²) in [5.41, 5.74) is 0.133. The maximum absolute atomic E-state index is 11.3. The lowest BCUT2D eigenvalue weighted by Crippen LogP contribution is -2.32. The summed E-state index contributed by atoms with van der Waals surface area (Å²) in [5.74, 6) is 0.615. The molecule has 0 aliphatic carbocycles. The van der Waals surface area contributed by atoms with Gasteiger partial charge in [-0.05, 0) is 18.2 Å². The van der Waals surface area contributed by atoms with Crippen LogP contribution in [0.25, 0.3) is 0 Å². The molecule has 0 saturated heterocycles. The standard InChI is InChI=1S/C11H17BO6S/c1-3-19(15,16)7-6-18-11-5-4-9(17-2)8-10(11)12(13)14/h4-5,8,13-14H,3,6-7H2,1-2H3. The molecule has 0 radical (unpaired) electrons. The first-order valence-electron chi connectivity index (χ1n) is 5.77. The Balaban J connectivity index is 2.78. The average molecular weight is 288 g/mol. The minimum Gasteiger partial charge on any atom is -0.497 e. The SMILES string of the molecule is CCS(=O)(=O)CCOc1ccc(OC)cc1B(O)O. The van der Waals surface area contributed by atoms with Crippen LogP contribution in [0.3, 0.4) is 0 Å². The number of rotatable bonds is 7. The molecule has 6 nitrogen and oxygen atoms in total. The van der Waals surface area contributed by atoms with Crippen molar-refractivity contribution in [2.75, 3.05) is 25.2 Å². The van der Waals surface area contributed by atoms with Crippen LogP contribution in [-0.4, -0.2) is 50.8 Å². The third kappa shape index (κ3) is 4.74. The second-order valence-corrected chi connectivity index (χ2v) is 6.33. The molecule has 0 fully saturated rings. The van der Waals surface area contributed by atoms with Gasteiger partial charge in [0, 0.05) is 11.2 Å². The predicted octanol–water partition coefficient (Wildman–Crippen LogP) is -0.811. The van der Waals surface area contributed by atoms with Crippen LogP contribution in [0.2, 0.25) is 0 Å². The molecule has 0 spiro atoms. The fourth-order valence-electron chi connectivity index (χ4n) is 1.41. The Kier molecular flexibility index (Phi) is 5.65. The summed E-state index contributed by atoms with van der Waals surface area (Å²) >= 11 is 0. The molecule has 19 heavy (non-hydrogen) atoms. The van der Waals surface area contributed by atoms with Crippen molar-refractivity contribution >= 4 is 22.4 Å². The molecule has 0 amide bonds. The minimum absolute atomic E-state index is 0.0395. The van der Waals surface area contributed by atoms with Crippen LogP contribution in [0.5, 0.6) is 11.5 Å². The van der Waals surface area contributed by atoms with Gasteiger partial charge in [0.25, 0.3) is 0 Å². The van der Waals surface area contributed by atoms with Gasteiger partial charge in [0.05, 0.1) is 12.9 Å². The van der Waals surface area contributed by atoms with Crippen LogP contribution in [0.4, 0.5) is 0 Å². The lowest BCUT2D eigenvalue weighted by Gasteiger charge is -2.12. The summed E-state index contributed by atoms with van der Waals surface area (Å²) in [6.45, 7) is 1.52. The number of hydrogen-bond acceptors (Lipinski definition) is 6. The van der Waals surface area contributed by atoms with Crippen molar-refractivity contribution in [3.63, 3.8) is 0 Å². The molecule has 1 rings (SSSR count). The molecular formula is C11H17BO6S. The van der Waals surface area contributed by atoms with Crippen molar-refractivity contribution in [3.8, 4) is 11.5 Å². The second kappa shape index (κ2) is 6.79. The van der Waals surface area contributed by atoms with E-state index in [1.807, 2.05) is 0 Å². The number of benzene rings is 1. The van der Waals surface area contributed by atoms with Crippen LogP contribution in [-0.2, 0) is 9.84 Å². The smallest absolute Gasteiger partial charge is 0.492 e. The monoisotopic (exact) mass is 288 g/mol. The van der Waals surface area contributed by atoms with Gasteiger partial charge in [-0.25, -0.2) is 8.42 Å². The first-order valence-corrected chi connectivity index (χ1v) is 7.59. The van der Waals surface area contributed by atoms with Crippen molar-refractivity contribution in [1.82, 2.24) is 0 Å². The molecule has 106 valence electrons. The van der Waals surface area contributed by atoms with Crippen molar-refractivity contribution in [3.05, 3.63) is 18.2 Å². The van der Waals surface area contributed by atoms with Crippen molar-refractivity contribution in [2.24, 2.45) is 0 Å². The Morgan fingerprint density at radius 3 is 2.53 bits per heavy atom. The Bertz CT molecular complexity index is 514. The highest BCUT2D eigenvalue weighted by molar-refractivity contribution is 7.91. The lowest BCUT2D eigenvalue weighted by molar-refractivity contribution is 0.339. The summed E-state index contributed by atoms with van der Waals surface area (Å²) in [6.07, 6.45) is 0. The Morgan fingerprint density at radius 2 is 2.00 bits per heavy atom. The molecule has 2 N–H and O–H groups in total. The number of ether oxygens (including phenoxy) is 2. The van der Waals surface area contributed by atoms with E-state index in [0.29, 0.717) is 5.75 Å². The van der Waals surface area contributed by atoms with Gasteiger partial charge in [-0.1, -0.05) is 6.92 Å². The zero-order valence-electron chi connectivity index (χ0n) is 10.9. The van der Waals surface area contributed by atoms with Gasteiger partial charge in [-0.2, -0.15) is 0 Å². The van der Waals surface area contributed by atoms with E-state index in [1.54, 1.807) is 13.0 Å². The first kappa shape index (κ1) is 15.8. The van der Waals surface area contributed by atoms with Gasteiger partial charge < -0.3 is 19.5 Å². The number of hydrogen-bond donors (Lipinski definition) is 2. The largest absolute Gasteiger partial charge is 0.497 e. The third-order valence-corrected chi connectivity index (χ3v) is 4.26. The van der Waals surface area contributed by atoms with Crippen LogP contribution >= 0.6 is 0 Å². The summed E-state index contributed by atoms with van der Waals surface area (Å²) in [6, 6.07) is 4.52. The number of sulfone groups is 1. The maximum Gasteiger partial charge on any atom is 0.492 e. The van der Waals surface area contributed by atoms with E-state index in [9.17, 15) is 18.5 Å². The molecule has 0 bridgehead atoms. The van der Waals surface area contributed by atoms with E-state index >= 15 is 0 Å². The fourth-order valence-corrected chi connectivity index (χ4v) is 2.04. The predicted molar refractivity (Wildman–Crippen MR) is 72.6 cm³/mol. The van der Waals surface area contributed by atoms with Gasteiger partial charge in [-0.3, -0.25) is 0 Å². The zero-order valence-corrected chi connectivity index (χ0v) is 11.7. The first-order chi connectivity index (χ1) is 8.89. The highest BCUT2D eigenvalue weighted by Crippen LogP contribution is 2.15. The van der Waals surface area contributed by atoms with E-state index in [1.165, 1.54) is 19.2 Å². The molecule has 0 atom stereocenters. The topological polar surface area (TPSA) is 93.1 Å². The van der Waals surface area contributed by atoms with Crippen LogP contribution in [0, 0.1) is 0 Å². The van der Waals surface area contributed by atoms with Crippen molar-refractivity contribution in [2.45, 2.75) is 6.92 Å². The molecule has 0 unspecified atom stereocenters. The second-order valence-electron chi connectivity index (χ2n) is 3.86. The average Bonchev–Trinajstić information content (AvgIpc) is 2.38. The normalized spacial score (nSPS) is 11.2. The maximum atomic E-state index is 11.3. The van der Waals surface area contributed by atoms with Crippen molar-refractivity contribution in [1.29, 1.82) is 0 Å². The molecule has 1 aromatic carbocycles. The van der Waals surface area contributed by atoms with Gasteiger partial charge in [0.1, 0.15) is 18.1 Å². The Labute approximate surface area is 113 Å². The van der Waals surface area contributed by atoms with Crippen LogP contribution < -0.4 is 14.9 Å². The van der Waals surface area contributed by atoms with Crippen molar-refractivity contribution < 1.29 is 27.9 Å². The Hall–Kier alpha value is -1.25. The highest BCUT2D eigenvalue weighted by atomic mass is 32.2. The summed E-state index contributed by atoms with van der Waals surface area (Å²) in [4.78, 5) is 0. The third-order valence-electron chi connectivity index (χ3n) is 2.59. The summed E-state index contributed by atoms with van der Waals surface area (Å²) < 4.78 is 32.9. The molecule has 0 heterocycles. The summed E-state index contributed by atoms with van der Waals surface area (Å²) in [7, 11) is -3.37. The zero-order chi connectivity index (χ0) is 14.5. The van der Waals surface area contributed by atoms with E-state index in [-0.39, 0.29) is 29.3 Å². The summed E-state index contributed by atoms with van der Waals surface area (Å²) in [5, 5.41) is 18.5. The molecule has 0 aromatic heterocycles. The molecule has 1 aromatic rings. The molecule has 8 heteroatoms. The van der Waals surface area contributed by atoms with Crippen LogP contribution in [0.1, 0.15) is 6.92 Å². The van der Waals surface area contributed by atoms with E-state index in [2.05, 4.69) is 0 Å². The minimum atomic E-state index is -3.11. The van der Waals surface area contributed by atoms with E-state index in [0.717, 1.165) is 0 Å². The van der Waals surface area contributed by atoms with Crippen LogP contribution in [0.15, 0.2) is 18.2 Å². The molecular weight excluding hydrogens is 271 g/mol. The fraction of sp³-hybridized carbons (Fsp3) is 0.455. The molecule has 0 aliphatic heterocycles. The van der Waals surface area contributed by atoms with Gasteiger partial charge in [0.15, 0.2) is 9.84 Å². The van der Waals surface area contributed by atoms with Gasteiger partial charge in [-0.15, -0.1) is 0 Å². The van der Waals surface area contributed by atoms with E-state index < -0.39 is 17.0 Å². The lowest BCUT2D eigenvalue weighted by atomic mass is 9.79. The van der Waals surface area contributed by atoms with E-state index in [4.69, 9.17) is 9.47 Å². The van der Waals surface area contributed by atoms with Gasteiger partial charge >= 0.3 is 7.12 Å². The molecule has 0 saturated carbocycles. The quantitative estimate of drug-likeness (QED) is 0.637.